The van der Waals surface area contributed by atoms with Crippen LogP contribution in [0.2, 0.25) is 0 Å². The molecule has 5 aliphatic rings. The van der Waals surface area contributed by atoms with Gasteiger partial charge in [0.1, 0.15) is 0 Å². The van der Waals surface area contributed by atoms with Crippen LogP contribution in [0.5, 0.6) is 0 Å². The number of rotatable bonds is 8. The minimum atomic E-state index is -1.81. The van der Waals surface area contributed by atoms with E-state index in [0.717, 1.165) is 45.1 Å². The van der Waals surface area contributed by atoms with Crippen LogP contribution in [0, 0.1) is 41.1 Å². The smallest absolute Gasteiger partial charge is 0.252 e. The van der Waals surface area contributed by atoms with Crippen LogP contribution in [0.1, 0.15) is 161 Å². The Kier molecular flexibility index (Phi) is 10.2. The van der Waals surface area contributed by atoms with Gasteiger partial charge in [0.2, 0.25) is 0 Å². The molecule has 17 rings (SSSR count). The van der Waals surface area contributed by atoms with Gasteiger partial charge in [-0.3, -0.25) is 0 Å². The summed E-state index contributed by atoms with van der Waals surface area (Å²) < 4.78 is 229. The third-order valence-corrected chi connectivity index (χ3v) is 21.1. The fourth-order valence-electron chi connectivity index (χ4n) is 16.0. The van der Waals surface area contributed by atoms with Gasteiger partial charge in [-0.1, -0.05) is 207 Å². The van der Waals surface area contributed by atoms with Crippen molar-refractivity contribution in [2.24, 2.45) is 23.2 Å². The summed E-state index contributed by atoms with van der Waals surface area (Å²) in [5.74, 6) is -0.830. The lowest BCUT2D eigenvalue weighted by Crippen LogP contribution is -2.64. The number of hydrogen-bond donors (Lipinski definition) is 0. The van der Waals surface area contributed by atoms with Gasteiger partial charge >= 0.3 is 0 Å². The van der Waals surface area contributed by atoms with Gasteiger partial charge in [-0.05, 0) is 220 Å². The molecule has 99 heavy (non-hydrogen) atoms. The van der Waals surface area contributed by atoms with Gasteiger partial charge in [-0.25, -0.2) is 4.85 Å². The third kappa shape index (κ3) is 10.3. The Balaban J connectivity index is 1.17. The molecular weight excluding hydrogens is 1200 g/mol. The Morgan fingerprint density at radius 1 is 0.586 bits per heavy atom. The molecule has 0 spiro atoms. The molecule has 10 aromatic carbocycles. The van der Waals surface area contributed by atoms with Crippen molar-refractivity contribution in [3.8, 4) is 39.7 Å². The van der Waals surface area contributed by atoms with E-state index in [1.807, 2.05) is 105 Å². The minimum absolute atomic E-state index is 0.00611. The van der Waals surface area contributed by atoms with Gasteiger partial charge in [0.15, 0.2) is 5.69 Å². The minimum Gasteiger partial charge on any atom is -0.334 e. The number of anilines is 5. The maximum absolute atomic E-state index is 11.8. The highest BCUT2D eigenvalue weighted by Gasteiger charge is 2.51. The summed E-state index contributed by atoms with van der Waals surface area (Å²) in [5, 5.41) is 9.20. The molecule has 0 saturated carbocycles. The molecule has 2 aromatic heterocycles. The van der Waals surface area contributed by atoms with E-state index in [-0.39, 0.29) is 95.6 Å². The fraction of sp³-hybridized carbons (Fsp3) is 0.261. The van der Waals surface area contributed by atoms with Crippen LogP contribution in [-0.4, -0.2) is 21.9 Å². The molecule has 4 atom stereocenters. The number of nitrogens with zero attached hydrogens (tertiary/aromatic N) is 6. The summed E-state index contributed by atoms with van der Waals surface area (Å²) in [6.45, 7) is 24.9. The monoisotopic (exact) mass is 1310 g/mol. The van der Waals surface area contributed by atoms with Crippen molar-refractivity contribution in [2.45, 2.75) is 131 Å². The number of benzene rings is 10. The predicted molar refractivity (Wildman–Crippen MR) is 418 cm³/mol. The zero-order valence-electron chi connectivity index (χ0n) is 79.0. The molecule has 12 aromatic rings. The van der Waals surface area contributed by atoms with Crippen molar-refractivity contribution in [1.29, 1.82) is 5.26 Å². The van der Waals surface area contributed by atoms with E-state index < -0.39 is 195 Å². The highest BCUT2D eigenvalue weighted by Crippen LogP contribution is 2.56. The van der Waals surface area contributed by atoms with Crippen LogP contribution in [0.25, 0.3) is 82.1 Å². The molecule has 6 nitrogen and oxygen atoms in total. The van der Waals surface area contributed by atoms with E-state index >= 15 is 0 Å². The van der Waals surface area contributed by atoms with Gasteiger partial charge < -0.3 is 18.9 Å². The first-order chi connectivity index (χ1) is 57.2. The molecule has 0 bridgehead atoms. The van der Waals surface area contributed by atoms with Gasteiger partial charge in [0.05, 0.1) is 79.4 Å². The molecule has 4 heterocycles. The van der Waals surface area contributed by atoms with Gasteiger partial charge in [-0.2, -0.15) is 5.26 Å². The number of para-hydroxylation sites is 2. The van der Waals surface area contributed by atoms with Crippen LogP contribution < -0.4 is 26.2 Å². The predicted octanol–water partition coefficient (Wildman–Crippen LogP) is 22.8. The lowest BCUT2D eigenvalue weighted by atomic mass is 9.33. The second-order valence-electron chi connectivity index (χ2n) is 30.2. The van der Waals surface area contributed by atoms with Gasteiger partial charge in [0, 0.05) is 70.1 Å². The number of hydrogen-bond acceptors (Lipinski definition) is 3. The van der Waals surface area contributed by atoms with Crippen LogP contribution in [0.4, 0.5) is 34.1 Å². The number of fused-ring (bicyclic) bond motifs is 10. The number of nitriles is 1. The van der Waals surface area contributed by atoms with Crippen molar-refractivity contribution in [3.63, 3.8) is 0 Å². The van der Waals surface area contributed by atoms with E-state index in [0.29, 0.717) is 60.0 Å². The summed E-state index contributed by atoms with van der Waals surface area (Å²) in [6.07, 6.45) is 14.4. The molecule has 486 valence electrons. The van der Waals surface area contributed by atoms with Crippen LogP contribution in [0.3, 0.4) is 0 Å². The van der Waals surface area contributed by atoms with Crippen LogP contribution in [-0.2, 0) is 10.8 Å². The average molecular weight is 1310 g/mol. The van der Waals surface area contributed by atoms with Gasteiger partial charge in [-0.15, -0.1) is 0 Å². The van der Waals surface area contributed by atoms with Crippen molar-refractivity contribution in [1.82, 2.24) is 9.13 Å². The van der Waals surface area contributed by atoms with Crippen molar-refractivity contribution in [3.05, 3.63) is 269 Å². The quantitative estimate of drug-likeness (QED) is 0.0865. The molecule has 0 radical (unpaired) electrons. The standard InChI is InChI=1S/C92H85BN6/c1-90(2,3)63-48-71(59-27-15-11-16-28-59)88(72(49-63)60-29-17-12-18-30-60)98-83-55-67(96-79-37-25-23-35-69(79)75-47-58(57-94)39-45-81(75)96)41-43-77(83)93-78-44-42-68(97-80-38-26-24-36-70(80)76-54-66(95-10)40-46-82(76)97)56-84(78)99(86-53-65(92(7,8)9)52-85(98)87(86)93)89-73(61-31-19-13-20-32-61)50-64(91(4,5)6)51-74(89)62-33-21-14-22-34-62/h11,13-15,19-26,29,31-48,50-56,59,63,72,88H,12,16-18,27-28,30,49H2,1-9H3/i23D,24D,25D,26D,35D,36D,37D,38D,39D,40D,41D,42D,43D,44D,45D,46D,47D,52D,53D,54D,55D,56D. The summed E-state index contributed by atoms with van der Waals surface area (Å²) in [5.41, 5.74) is -1.63. The molecule has 0 N–H and O–H groups in total. The van der Waals surface area contributed by atoms with Crippen LogP contribution in [0.15, 0.2) is 241 Å². The molecule has 7 heteroatoms. The highest BCUT2D eigenvalue weighted by molar-refractivity contribution is 7.00. The molecular formula is C92H85BN6. The Morgan fingerprint density at radius 3 is 1.77 bits per heavy atom. The lowest BCUT2D eigenvalue weighted by Gasteiger charge is -2.53. The second kappa shape index (κ2) is 23.7. The number of aromatic nitrogens is 2. The second-order valence-corrected chi connectivity index (χ2v) is 30.2. The first kappa shape index (κ1) is 42.5. The Hall–Kier alpha value is -10.3. The van der Waals surface area contributed by atoms with E-state index in [2.05, 4.69) is 70.7 Å². The van der Waals surface area contributed by atoms with Crippen molar-refractivity contribution >= 4 is 101 Å². The molecule has 3 aliphatic carbocycles. The average Bonchev–Trinajstić information content (AvgIpc) is 0.853. The molecule has 0 amide bonds. The SMILES string of the molecule is [2H]c1c([2H])c(-n2c3c([2H])c([2H])c([2H])c([2H])c3c3c([2H])c([N+]#[C-])c([2H])c([2H])c32)c([2H])c2c1B1c3c([2H])c([2H])c(-n4c5c([2H])c([2H])c([2H])c([2H])c5c5c([2H])c(C#N)c([2H])c([2H])c54)c([2H])c3N(C3C(C4CC=CCC4)=CC(C(C)(C)C)CC3C3=CCCCC3)c3c([2H])c(C(C)(C)C)c([2H])c(c31)N2c1c(-c2ccccc2)cc(C(C)(C)C)cc1-c1ccccc1. The Bertz CT molecular complexity index is 6770. The van der Waals surface area contributed by atoms with Crippen LogP contribution >= 0.6 is 0 Å². The Labute approximate surface area is 615 Å². The molecule has 4 unspecified atom stereocenters. The zero-order valence-corrected chi connectivity index (χ0v) is 57.0. The summed E-state index contributed by atoms with van der Waals surface area (Å²) >= 11 is 0. The Morgan fingerprint density at radius 2 is 1.18 bits per heavy atom. The summed E-state index contributed by atoms with van der Waals surface area (Å²) in [6, 6.07) is 8.49. The third-order valence-electron chi connectivity index (χ3n) is 21.1. The maximum Gasteiger partial charge on any atom is 0.252 e. The highest BCUT2D eigenvalue weighted by atomic mass is 15.2. The zero-order chi connectivity index (χ0) is 86.9. The molecule has 2 aliphatic heterocycles. The normalized spacial score (nSPS) is 21.5. The first-order valence-corrected chi connectivity index (χ1v) is 34.4. The van der Waals surface area contributed by atoms with E-state index in [1.165, 1.54) is 0 Å². The molecule has 0 saturated heterocycles. The largest absolute Gasteiger partial charge is 0.334 e. The van der Waals surface area contributed by atoms with Gasteiger partial charge in [0.25, 0.3) is 6.71 Å². The van der Waals surface area contributed by atoms with E-state index in [4.69, 9.17) is 9.31 Å². The fourth-order valence-corrected chi connectivity index (χ4v) is 16.0. The van der Waals surface area contributed by atoms with Crippen molar-refractivity contribution < 1.29 is 30.2 Å². The first-order valence-electron chi connectivity index (χ1n) is 45.4. The maximum atomic E-state index is 11.8. The molecule has 0 fully saturated rings. The number of allylic oxidation sites excluding steroid dienone is 4. The summed E-state index contributed by atoms with van der Waals surface area (Å²) in [4.78, 5) is 7.19. The summed E-state index contributed by atoms with van der Waals surface area (Å²) in [7, 11) is 0. The lowest BCUT2D eigenvalue weighted by molar-refractivity contribution is 0.220. The van der Waals surface area contributed by atoms with E-state index in [9.17, 15) is 32.7 Å². The topological polar surface area (TPSA) is 44.5 Å². The van der Waals surface area contributed by atoms with E-state index in [1.54, 1.807) is 4.90 Å². The van der Waals surface area contributed by atoms with Crippen molar-refractivity contribution in [2.75, 3.05) is 9.80 Å².